The molecule has 0 aliphatic heterocycles. The van der Waals surface area contributed by atoms with E-state index in [1.807, 2.05) is 0 Å². The molecule has 0 unspecified atom stereocenters. The number of phenolic OH excluding ortho intramolecular Hbond substituents is 1. The first-order valence-electron chi connectivity index (χ1n) is 8.48. The van der Waals surface area contributed by atoms with E-state index < -0.39 is 0 Å². The van der Waals surface area contributed by atoms with Gasteiger partial charge in [-0.05, 0) is 48.1 Å². The molecule has 2 aromatic carbocycles. The van der Waals surface area contributed by atoms with E-state index in [9.17, 15) is 14.7 Å². The molecule has 2 rings (SSSR count). The van der Waals surface area contributed by atoms with Gasteiger partial charge in [0, 0.05) is 0 Å². The number of rotatable bonds is 9. The number of aromatic hydroxyl groups is 1. The van der Waals surface area contributed by atoms with Crippen LogP contribution in [0.25, 0.3) is 12.2 Å². The zero-order chi connectivity index (χ0) is 20.5. The number of carbonyl (C=O) groups excluding carboxylic acids is 2. The summed E-state index contributed by atoms with van der Waals surface area (Å²) in [6, 6.07) is 10.0. The molecule has 0 saturated carbocycles. The predicted molar refractivity (Wildman–Crippen MR) is 107 cm³/mol. The van der Waals surface area contributed by atoms with Gasteiger partial charge >= 0.3 is 0 Å². The van der Waals surface area contributed by atoms with Crippen molar-refractivity contribution in [2.45, 2.75) is 6.42 Å². The number of ketones is 2. The van der Waals surface area contributed by atoms with Crippen LogP contribution in [0, 0.1) is 0 Å². The molecule has 0 heterocycles. The minimum Gasteiger partial charge on any atom is -0.504 e. The monoisotopic (exact) mass is 382 g/mol. The fraction of sp³-hybridized carbons (Fsp3) is 0.182. The van der Waals surface area contributed by atoms with Crippen LogP contribution in [0.1, 0.15) is 17.5 Å². The molecule has 0 radical (unpaired) electrons. The van der Waals surface area contributed by atoms with Gasteiger partial charge in [0.1, 0.15) is 11.5 Å². The van der Waals surface area contributed by atoms with E-state index in [0.29, 0.717) is 28.4 Å². The molecule has 6 nitrogen and oxygen atoms in total. The Morgan fingerprint density at radius 1 is 0.857 bits per heavy atom. The number of carbonyl (C=O) groups is 2. The highest BCUT2D eigenvalue weighted by Crippen LogP contribution is 2.29. The Bertz CT molecular complexity index is 889. The summed E-state index contributed by atoms with van der Waals surface area (Å²) in [6.07, 6.45) is 5.45. The van der Waals surface area contributed by atoms with Gasteiger partial charge in [0.05, 0.1) is 33.3 Å². The van der Waals surface area contributed by atoms with E-state index in [0.717, 1.165) is 0 Å². The Kier molecular flexibility index (Phi) is 7.39. The Morgan fingerprint density at radius 2 is 1.43 bits per heavy atom. The van der Waals surface area contributed by atoms with Crippen molar-refractivity contribution in [1.82, 2.24) is 0 Å². The lowest BCUT2D eigenvalue weighted by atomic mass is 10.1. The molecular weight excluding hydrogens is 360 g/mol. The van der Waals surface area contributed by atoms with Gasteiger partial charge in [-0.15, -0.1) is 0 Å². The lowest BCUT2D eigenvalue weighted by Gasteiger charge is -2.09. The molecular formula is C22H22O6. The maximum atomic E-state index is 12.1. The maximum absolute atomic E-state index is 12.1. The average molecular weight is 382 g/mol. The second kappa shape index (κ2) is 9.97. The fourth-order valence-electron chi connectivity index (χ4n) is 2.51. The first kappa shape index (κ1) is 20.8. The third kappa shape index (κ3) is 5.48. The second-order valence-electron chi connectivity index (χ2n) is 5.78. The average Bonchev–Trinajstić information content (AvgIpc) is 2.70. The van der Waals surface area contributed by atoms with E-state index in [1.54, 1.807) is 36.4 Å². The highest BCUT2D eigenvalue weighted by atomic mass is 16.5. The Balaban J connectivity index is 2.02. The van der Waals surface area contributed by atoms with Crippen molar-refractivity contribution in [2.24, 2.45) is 0 Å². The predicted octanol–water partition coefficient (Wildman–Crippen LogP) is 3.67. The van der Waals surface area contributed by atoms with Crippen LogP contribution in [0.3, 0.4) is 0 Å². The van der Waals surface area contributed by atoms with Crippen molar-refractivity contribution in [3.8, 4) is 23.0 Å². The van der Waals surface area contributed by atoms with E-state index >= 15 is 0 Å². The van der Waals surface area contributed by atoms with Gasteiger partial charge in [0.25, 0.3) is 0 Å². The minimum atomic E-state index is -0.350. The van der Waals surface area contributed by atoms with E-state index in [-0.39, 0.29) is 23.7 Å². The van der Waals surface area contributed by atoms with Crippen LogP contribution in [-0.4, -0.2) is 38.0 Å². The first-order chi connectivity index (χ1) is 13.5. The molecule has 0 bridgehead atoms. The summed E-state index contributed by atoms with van der Waals surface area (Å²) < 4.78 is 15.5. The van der Waals surface area contributed by atoms with Gasteiger partial charge in [-0.3, -0.25) is 9.59 Å². The Morgan fingerprint density at radius 3 is 1.96 bits per heavy atom. The fourth-order valence-corrected chi connectivity index (χ4v) is 2.51. The Labute approximate surface area is 163 Å². The molecule has 2 aromatic rings. The van der Waals surface area contributed by atoms with Gasteiger partial charge in [-0.2, -0.15) is 0 Å². The van der Waals surface area contributed by atoms with Crippen LogP contribution in [0.2, 0.25) is 0 Å². The van der Waals surface area contributed by atoms with Crippen LogP contribution in [-0.2, 0) is 9.59 Å². The Hall–Kier alpha value is -3.54. The summed E-state index contributed by atoms with van der Waals surface area (Å²) in [4.78, 5) is 24.1. The van der Waals surface area contributed by atoms with Crippen LogP contribution in [0.15, 0.2) is 48.6 Å². The van der Waals surface area contributed by atoms with Crippen LogP contribution in [0.4, 0.5) is 0 Å². The van der Waals surface area contributed by atoms with Crippen molar-refractivity contribution < 1.29 is 28.9 Å². The van der Waals surface area contributed by atoms with Gasteiger partial charge in [0.15, 0.2) is 23.1 Å². The lowest BCUT2D eigenvalue weighted by molar-refractivity contribution is -0.121. The van der Waals surface area contributed by atoms with Crippen LogP contribution in [0.5, 0.6) is 23.0 Å². The van der Waals surface area contributed by atoms with Crippen molar-refractivity contribution >= 4 is 23.7 Å². The molecule has 0 fully saturated rings. The molecule has 6 heteroatoms. The normalized spacial score (nSPS) is 11.0. The summed E-state index contributed by atoms with van der Waals surface area (Å²) in [6.45, 7) is 0. The standard InChI is InChI=1S/C22H22O6/c1-26-20-5-4-6-21(27-2)18(20)11-10-17(24)14-16(23)9-7-15-8-12-22(28-3)19(25)13-15/h4-13,25H,14H2,1-3H3. The van der Waals surface area contributed by atoms with Crippen LogP contribution >= 0.6 is 0 Å². The number of benzene rings is 2. The van der Waals surface area contributed by atoms with Crippen molar-refractivity contribution in [3.63, 3.8) is 0 Å². The molecule has 0 aliphatic rings. The molecule has 28 heavy (non-hydrogen) atoms. The highest BCUT2D eigenvalue weighted by Gasteiger charge is 2.09. The number of hydrogen-bond donors (Lipinski definition) is 1. The summed E-state index contributed by atoms with van der Waals surface area (Å²) in [5.41, 5.74) is 1.24. The topological polar surface area (TPSA) is 82.1 Å². The largest absolute Gasteiger partial charge is 0.504 e. The minimum absolute atomic E-state index is 0.0261. The quantitative estimate of drug-likeness (QED) is 0.526. The molecule has 0 spiro atoms. The van der Waals surface area contributed by atoms with E-state index in [1.165, 1.54) is 45.6 Å². The maximum Gasteiger partial charge on any atom is 0.163 e. The van der Waals surface area contributed by atoms with Gasteiger partial charge in [-0.25, -0.2) is 0 Å². The van der Waals surface area contributed by atoms with Gasteiger partial charge < -0.3 is 19.3 Å². The van der Waals surface area contributed by atoms with Crippen molar-refractivity contribution in [3.05, 3.63) is 59.7 Å². The number of allylic oxidation sites excluding steroid dienone is 2. The number of phenols is 1. The second-order valence-corrected chi connectivity index (χ2v) is 5.78. The zero-order valence-corrected chi connectivity index (χ0v) is 16.0. The third-order valence-corrected chi connectivity index (χ3v) is 3.91. The molecule has 0 amide bonds. The molecule has 0 saturated heterocycles. The van der Waals surface area contributed by atoms with Crippen molar-refractivity contribution in [2.75, 3.05) is 21.3 Å². The molecule has 1 N–H and O–H groups in total. The number of methoxy groups -OCH3 is 3. The summed E-state index contributed by atoms with van der Waals surface area (Å²) in [7, 11) is 4.51. The van der Waals surface area contributed by atoms with E-state index in [2.05, 4.69) is 0 Å². The molecule has 0 atom stereocenters. The SMILES string of the molecule is COc1ccc(C=CC(=O)CC(=O)C=Cc2c(OC)cccc2OC)cc1O. The zero-order valence-electron chi connectivity index (χ0n) is 16.0. The molecule has 0 aromatic heterocycles. The molecule has 0 aliphatic carbocycles. The number of hydrogen-bond acceptors (Lipinski definition) is 6. The smallest absolute Gasteiger partial charge is 0.163 e. The summed E-state index contributed by atoms with van der Waals surface area (Å²) in [5.74, 6) is 0.748. The first-order valence-corrected chi connectivity index (χ1v) is 8.48. The van der Waals surface area contributed by atoms with Crippen molar-refractivity contribution in [1.29, 1.82) is 0 Å². The van der Waals surface area contributed by atoms with Crippen LogP contribution < -0.4 is 14.2 Å². The third-order valence-electron chi connectivity index (χ3n) is 3.91. The number of ether oxygens (including phenoxy) is 3. The van der Waals surface area contributed by atoms with Gasteiger partial charge in [0.2, 0.25) is 0 Å². The van der Waals surface area contributed by atoms with E-state index in [4.69, 9.17) is 14.2 Å². The summed E-state index contributed by atoms with van der Waals surface area (Å²) in [5, 5.41) is 9.74. The highest BCUT2D eigenvalue weighted by molar-refractivity contribution is 6.11. The lowest BCUT2D eigenvalue weighted by Crippen LogP contribution is -2.02. The molecule has 146 valence electrons. The van der Waals surface area contributed by atoms with Gasteiger partial charge in [-0.1, -0.05) is 18.2 Å². The summed E-state index contributed by atoms with van der Waals surface area (Å²) >= 11 is 0.